The van der Waals surface area contributed by atoms with Crippen molar-refractivity contribution in [1.29, 1.82) is 0 Å². The molecule has 5 rings (SSSR count). The fourth-order valence-electron chi connectivity index (χ4n) is 9.99. The lowest BCUT2D eigenvalue weighted by Crippen LogP contribution is -2.51. The third-order valence-corrected chi connectivity index (χ3v) is 12.3. The topological polar surface area (TPSA) is 39.4 Å². The van der Waals surface area contributed by atoms with Gasteiger partial charge in [-0.3, -0.25) is 0 Å². The Bertz CT molecular complexity index is 960. The largest absolute Gasteiger partial charge is 0.472 e. The summed E-state index contributed by atoms with van der Waals surface area (Å²) in [5.41, 5.74) is 2.92. The first-order chi connectivity index (χ1) is 17.7. The quantitative estimate of drug-likeness (QED) is 0.259. The third-order valence-electron chi connectivity index (χ3n) is 12.3. The van der Waals surface area contributed by atoms with Crippen molar-refractivity contribution >= 4 is 5.97 Å². The molecule has 206 valence electrons. The van der Waals surface area contributed by atoms with Gasteiger partial charge in [0.2, 0.25) is 0 Å². The lowest BCUT2D eigenvalue weighted by molar-refractivity contribution is -0.0596. The van der Waals surface area contributed by atoms with E-state index in [4.69, 9.17) is 9.15 Å². The maximum atomic E-state index is 12.5. The fraction of sp³-hybridized carbons (Fsp3) is 0.794. The summed E-state index contributed by atoms with van der Waals surface area (Å²) in [5, 5.41) is 0. The van der Waals surface area contributed by atoms with Crippen LogP contribution < -0.4 is 0 Å². The highest BCUT2D eigenvalue weighted by atomic mass is 16.5. The van der Waals surface area contributed by atoms with Crippen molar-refractivity contribution in [2.45, 2.75) is 118 Å². The van der Waals surface area contributed by atoms with Gasteiger partial charge in [-0.2, -0.15) is 0 Å². The highest BCUT2D eigenvalue weighted by Crippen LogP contribution is 2.67. The second-order valence-corrected chi connectivity index (χ2v) is 14.2. The maximum absolute atomic E-state index is 12.5. The molecule has 1 aromatic rings. The van der Waals surface area contributed by atoms with Crippen LogP contribution in [0.4, 0.5) is 0 Å². The Morgan fingerprint density at radius 1 is 1.08 bits per heavy atom. The molecule has 9 atom stereocenters. The van der Waals surface area contributed by atoms with Crippen LogP contribution in [0.15, 0.2) is 34.7 Å². The molecular weight excluding hydrogens is 456 g/mol. The van der Waals surface area contributed by atoms with E-state index >= 15 is 0 Å². The number of carbonyl (C=O) groups is 1. The van der Waals surface area contributed by atoms with Gasteiger partial charge in [-0.05, 0) is 110 Å². The normalized spacial score (nSPS) is 38.8. The SMILES string of the molecule is CCC(CCC(C)C1CCC2C3CC=C4CC(OC(=O)c5ccoc5)CCC4(C)C3CCC12C)C(C)C. The van der Waals surface area contributed by atoms with Gasteiger partial charge >= 0.3 is 5.97 Å². The Hall–Kier alpha value is -1.51. The zero-order valence-corrected chi connectivity index (χ0v) is 24.4. The molecule has 0 amide bonds. The van der Waals surface area contributed by atoms with Crippen LogP contribution in [0.2, 0.25) is 0 Å². The Morgan fingerprint density at radius 3 is 2.59 bits per heavy atom. The van der Waals surface area contributed by atoms with E-state index in [0.29, 0.717) is 11.0 Å². The average Bonchev–Trinajstić information content (AvgIpc) is 3.52. The number of carbonyl (C=O) groups excluding carboxylic acids is 1. The predicted molar refractivity (Wildman–Crippen MR) is 150 cm³/mol. The Labute approximate surface area is 226 Å². The molecule has 4 aliphatic carbocycles. The zero-order valence-electron chi connectivity index (χ0n) is 24.4. The van der Waals surface area contributed by atoms with E-state index in [1.165, 1.54) is 63.9 Å². The second kappa shape index (κ2) is 10.6. The van der Waals surface area contributed by atoms with Crippen molar-refractivity contribution in [2.75, 3.05) is 0 Å². The van der Waals surface area contributed by atoms with Gasteiger partial charge in [0, 0.05) is 6.42 Å². The van der Waals surface area contributed by atoms with Gasteiger partial charge in [0.25, 0.3) is 0 Å². The van der Waals surface area contributed by atoms with Gasteiger partial charge in [0.15, 0.2) is 0 Å². The van der Waals surface area contributed by atoms with Crippen LogP contribution in [-0.4, -0.2) is 12.1 Å². The van der Waals surface area contributed by atoms with Crippen molar-refractivity contribution < 1.29 is 13.9 Å². The standard InChI is InChI=1S/C34H52O3/c1-7-24(22(2)3)9-8-23(4)29-12-13-30-28-11-10-26-20-27(37-32(35)25-16-19-36-21-25)14-17-33(26,5)31(28)15-18-34(29,30)6/h10,16,19,21-24,27-31H,7-9,11-15,17-18,20H2,1-6H3. The highest BCUT2D eigenvalue weighted by molar-refractivity contribution is 5.89. The molecule has 0 bridgehead atoms. The molecule has 37 heavy (non-hydrogen) atoms. The minimum Gasteiger partial charge on any atom is -0.472 e. The van der Waals surface area contributed by atoms with Crippen molar-refractivity contribution in [3.05, 3.63) is 35.8 Å². The molecule has 0 aromatic carbocycles. The zero-order chi connectivity index (χ0) is 26.4. The van der Waals surface area contributed by atoms with E-state index in [0.717, 1.165) is 60.7 Å². The Balaban J connectivity index is 1.25. The number of esters is 1. The fourth-order valence-corrected chi connectivity index (χ4v) is 9.99. The monoisotopic (exact) mass is 508 g/mol. The van der Waals surface area contributed by atoms with Gasteiger partial charge in [0.05, 0.1) is 11.8 Å². The molecule has 3 saturated carbocycles. The van der Waals surface area contributed by atoms with Crippen molar-refractivity contribution in [3.8, 4) is 0 Å². The molecule has 3 fully saturated rings. The van der Waals surface area contributed by atoms with Crippen LogP contribution in [0.3, 0.4) is 0 Å². The maximum Gasteiger partial charge on any atom is 0.341 e. The van der Waals surface area contributed by atoms with Crippen molar-refractivity contribution in [3.63, 3.8) is 0 Å². The number of hydrogen-bond acceptors (Lipinski definition) is 3. The van der Waals surface area contributed by atoms with Gasteiger partial charge in [-0.15, -0.1) is 0 Å². The molecule has 3 heteroatoms. The van der Waals surface area contributed by atoms with Gasteiger partial charge in [0.1, 0.15) is 12.4 Å². The number of rotatable bonds is 8. The molecule has 3 nitrogen and oxygen atoms in total. The minimum atomic E-state index is -0.241. The average molecular weight is 509 g/mol. The second-order valence-electron chi connectivity index (χ2n) is 14.2. The summed E-state index contributed by atoms with van der Waals surface area (Å²) in [6, 6.07) is 1.70. The van der Waals surface area contributed by atoms with Crippen LogP contribution in [0.25, 0.3) is 0 Å². The first kappa shape index (κ1) is 27.1. The van der Waals surface area contributed by atoms with Crippen LogP contribution in [0, 0.1) is 52.3 Å². The molecule has 1 heterocycles. The van der Waals surface area contributed by atoms with Crippen molar-refractivity contribution in [1.82, 2.24) is 0 Å². The van der Waals surface area contributed by atoms with Gasteiger partial charge in [-0.1, -0.05) is 66.0 Å². The molecule has 0 aliphatic heterocycles. The summed E-state index contributed by atoms with van der Waals surface area (Å²) in [5.74, 6) is 5.74. The number of hydrogen-bond donors (Lipinski definition) is 0. The minimum absolute atomic E-state index is 0.00151. The Morgan fingerprint density at radius 2 is 1.89 bits per heavy atom. The van der Waals surface area contributed by atoms with E-state index in [9.17, 15) is 4.79 Å². The molecule has 0 saturated heterocycles. The summed E-state index contributed by atoms with van der Waals surface area (Å²) in [7, 11) is 0. The number of furan rings is 1. The third kappa shape index (κ3) is 4.87. The summed E-state index contributed by atoms with van der Waals surface area (Å²) in [6.45, 7) is 15.0. The smallest absolute Gasteiger partial charge is 0.341 e. The highest BCUT2D eigenvalue weighted by Gasteiger charge is 2.59. The van der Waals surface area contributed by atoms with Crippen LogP contribution in [0.5, 0.6) is 0 Å². The van der Waals surface area contributed by atoms with E-state index in [1.807, 2.05) is 0 Å². The van der Waals surface area contributed by atoms with Crippen LogP contribution in [-0.2, 0) is 4.74 Å². The molecule has 0 spiro atoms. The van der Waals surface area contributed by atoms with Crippen LogP contribution >= 0.6 is 0 Å². The van der Waals surface area contributed by atoms with E-state index in [2.05, 4.69) is 47.6 Å². The van der Waals surface area contributed by atoms with E-state index < -0.39 is 0 Å². The number of allylic oxidation sites excluding steroid dienone is 1. The molecule has 0 radical (unpaired) electrons. The van der Waals surface area contributed by atoms with Crippen LogP contribution in [0.1, 0.15) is 123 Å². The lowest BCUT2D eigenvalue weighted by Gasteiger charge is -2.58. The van der Waals surface area contributed by atoms with Gasteiger partial charge < -0.3 is 9.15 Å². The summed E-state index contributed by atoms with van der Waals surface area (Å²) < 4.78 is 11.0. The summed E-state index contributed by atoms with van der Waals surface area (Å²) in [6.07, 6.45) is 19.8. The molecule has 4 aliphatic rings. The number of ether oxygens (including phenoxy) is 1. The first-order valence-electron chi connectivity index (χ1n) is 15.6. The Kier molecular flexibility index (Phi) is 7.74. The molecule has 0 N–H and O–H groups in total. The predicted octanol–water partition coefficient (Wildman–Crippen LogP) is 9.48. The lowest BCUT2D eigenvalue weighted by atomic mass is 9.47. The molecule has 9 unspecified atom stereocenters. The van der Waals surface area contributed by atoms with Crippen molar-refractivity contribution in [2.24, 2.45) is 52.3 Å². The summed E-state index contributed by atoms with van der Waals surface area (Å²) in [4.78, 5) is 12.5. The van der Waals surface area contributed by atoms with E-state index in [1.54, 1.807) is 11.6 Å². The summed E-state index contributed by atoms with van der Waals surface area (Å²) >= 11 is 0. The molecular formula is C34H52O3. The molecule has 1 aromatic heterocycles. The number of fused-ring (bicyclic) bond motifs is 5. The van der Waals surface area contributed by atoms with E-state index in [-0.39, 0.29) is 17.5 Å². The van der Waals surface area contributed by atoms with Gasteiger partial charge in [-0.25, -0.2) is 4.79 Å². The first-order valence-corrected chi connectivity index (χ1v) is 15.6.